The Bertz CT molecular complexity index is 560. The molecule has 8 heteroatoms. The molecule has 0 fully saturated rings. The normalized spacial score (nSPS) is 10.4. The van der Waals surface area contributed by atoms with E-state index in [1.54, 1.807) is 12.1 Å². The van der Waals surface area contributed by atoms with E-state index in [-0.39, 0.29) is 10.6 Å². The van der Waals surface area contributed by atoms with Gasteiger partial charge in [0.25, 0.3) is 5.69 Å². The molecule has 0 radical (unpaired) electrons. The Labute approximate surface area is 118 Å². The largest absolute Gasteiger partial charge is 0.385 e. The summed E-state index contributed by atoms with van der Waals surface area (Å²) in [6, 6.07) is 4.86. The number of nitro benzene ring substituents is 1. The average Bonchev–Trinajstić information content (AvgIpc) is 2.90. The Morgan fingerprint density at radius 1 is 1.53 bits per heavy atom. The minimum absolute atomic E-state index is 0.106. The van der Waals surface area contributed by atoms with Gasteiger partial charge in [-0.25, -0.2) is 4.98 Å². The first kappa shape index (κ1) is 13.8. The summed E-state index contributed by atoms with van der Waals surface area (Å²) in [4.78, 5) is 14.5. The minimum atomic E-state index is -0.380. The second kappa shape index (κ2) is 6.48. The van der Waals surface area contributed by atoms with Crippen molar-refractivity contribution in [3.05, 3.63) is 40.2 Å². The predicted molar refractivity (Wildman–Crippen MR) is 76.7 cm³/mol. The van der Waals surface area contributed by atoms with Gasteiger partial charge in [-0.05, 0) is 30.1 Å². The Morgan fingerprint density at radius 3 is 3.00 bits per heavy atom. The number of nitrogens with one attached hydrogen (secondary N) is 1. The van der Waals surface area contributed by atoms with Crippen LogP contribution in [0.2, 0.25) is 0 Å². The molecular weight excluding hydrogens is 284 g/mol. The van der Waals surface area contributed by atoms with Crippen molar-refractivity contribution in [2.24, 2.45) is 0 Å². The molecule has 0 bridgehead atoms. The molecule has 2 aromatic rings. The molecular formula is C11H12N4O2S2. The SMILES string of the molecule is CCNc1ccc([N+](=O)[O-])cc1CSc1ncns1. The quantitative estimate of drug-likeness (QED) is 0.501. The first-order valence-electron chi connectivity index (χ1n) is 5.61. The number of non-ortho nitro benzene ring substituents is 1. The number of aromatic nitrogens is 2. The summed E-state index contributed by atoms with van der Waals surface area (Å²) in [5.41, 5.74) is 1.93. The summed E-state index contributed by atoms with van der Waals surface area (Å²) >= 11 is 2.84. The molecule has 1 N–H and O–H groups in total. The van der Waals surface area contributed by atoms with Crippen molar-refractivity contribution in [2.45, 2.75) is 17.0 Å². The monoisotopic (exact) mass is 296 g/mol. The van der Waals surface area contributed by atoms with Gasteiger partial charge < -0.3 is 5.32 Å². The van der Waals surface area contributed by atoms with Crippen molar-refractivity contribution in [2.75, 3.05) is 11.9 Å². The maximum absolute atomic E-state index is 10.8. The van der Waals surface area contributed by atoms with E-state index < -0.39 is 0 Å². The van der Waals surface area contributed by atoms with Crippen molar-refractivity contribution in [3.63, 3.8) is 0 Å². The van der Waals surface area contributed by atoms with Crippen LogP contribution in [0.25, 0.3) is 0 Å². The number of hydrogen-bond donors (Lipinski definition) is 1. The smallest absolute Gasteiger partial charge is 0.269 e. The van der Waals surface area contributed by atoms with Crippen molar-refractivity contribution < 1.29 is 4.92 Å². The van der Waals surface area contributed by atoms with Crippen LogP contribution in [0.1, 0.15) is 12.5 Å². The van der Waals surface area contributed by atoms with Crippen molar-refractivity contribution >= 4 is 34.7 Å². The third kappa shape index (κ3) is 3.65. The highest BCUT2D eigenvalue weighted by Gasteiger charge is 2.11. The summed E-state index contributed by atoms with van der Waals surface area (Å²) in [5.74, 6) is 0.624. The summed E-state index contributed by atoms with van der Waals surface area (Å²) in [6.07, 6.45) is 1.51. The predicted octanol–water partition coefficient (Wildman–Crippen LogP) is 3.17. The molecule has 0 saturated carbocycles. The Kier molecular flexibility index (Phi) is 4.69. The molecule has 0 saturated heterocycles. The van der Waals surface area contributed by atoms with Gasteiger partial charge >= 0.3 is 0 Å². The van der Waals surface area contributed by atoms with Gasteiger partial charge in [-0.3, -0.25) is 10.1 Å². The molecule has 1 aromatic heterocycles. The third-order valence-corrected chi connectivity index (χ3v) is 4.21. The van der Waals surface area contributed by atoms with Gasteiger partial charge in [-0.1, -0.05) is 11.8 Å². The molecule has 19 heavy (non-hydrogen) atoms. The number of benzene rings is 1. The zero-order valence-corrected chi connectivity index (χ0v) is 11.8. The van der Waals surface area contributed by atoms with Crippen molar-refractivity contribution in [1.29, 1.82) is 0 Å². The lowest BCUT2D eigenvalue weighted by Crippen LogP contribution is -2.01. The van der Waals surface area contributed by atoms with E-state index in [9.17, 15) is 10.1 Å². The molecule has 100 valence electrons. The van der Waals surface area contributed by atoms with E-state index in [0.717, 1.165) is 22.1 Å². The summed E-state index contributed by atoms with van der Waals surface area (Å²) in [6.45, 7) is 2.76. The van der Waals surface area contributed by atoms with Gasteiger partial charge in [0.1, 0.15) is 6.33 Å². The third-order valence-electron chi connectivity index (χ3n) is 2.36. The van der Waals surface area contributed by atoms with Crippen LogP contribution in [-0.2, 0) is 5.75 Å². The second-order valence-corrected chi connectivity index (χ2v) is 5.63. The standard InChI is InChI=1S/C11H12N4O2S2/c1-2-12-10-4-3-9(15(16)17)5-8(10)6-18-11-13-7-14-19-11/h3-5,7,12H,2,6H2,1H3. The molecule has 0 aliphatic heterocycles. The number of rotatable bonds is 6. The zero-order valence-electron chi connectivity index (χ0n) is 10.2. The van der Waals surface area contributed by atoms with E-state index in [2.05, 4.69) is 14.7 Å². The fourth-order valence-electron chi connectivity index (χ4n) is 1.54. The van der Waals surface area contributed by atoms with E-state index in [4.69, 9.17) is 0 Å². The maximum Gasteiger partial charge on any atom is 0.269 e. The lowest BCUT2D eigenvalue weighted by atomic mass is 10.2. The van der Waals surface area contributed by atoms with E-state index in [0.29, 0.717) is 5.75 Å². The van der Waals surface area contributed by atoms with Crippen molar-refractivity contribution in [3.8, 4) is 0 Å². The highest BCUT2D eigenvalue weighted by molar-refractivity contribution is 8.00. The average molecular weight is 296 g/mol. The van der Waals surface area contributed by atoms with Crippen LogP contribution in [0.4, 0.5) is 11.4 Å². The van der Waals surface area contributed by atoms with Crippen LogP contribution >= 0.6 is 23.3 Å². The Hall–Kier alpha value is -1.67. The molecule has 0 spiro atoms. The van der Waals surface area contributed by atoms with Gasteiger partial charge in [0.05, 0.1) is 4.92 Å². The molecule has 0 aliphatic carbocycles. The topological polar surface area (TPSA) is 81.0 Å². The van der Waals surface area contributed by atoms with E-state index in [1.165, 1.54) is 35.7 Å². The van der Waals surface area contributed by atoms with Crippen LogP contribution < -0.4 is 5.32 Å². The van der Waals surface area contributed by atoms with Crippen LogP contribution in [-0.4, -0.2) is 20.8 Å². The maximum atomic E-state index is 10.8. The first-order chi connectivity index (χ1) is 9.20. The summed E-state index contributed by atoms with van der Waals surface area (Å²) in [7, 11) is 0. The fourth-order valence-corrected chi connectivity index (χ4v) is 2.98. The number of nitro groups is 1. The van der Waals surface area contributed by atoms with Gasteiger partial charge in [-0.2, -0.15) is 4.37 Å². The zero-order chi connectivity index (χ0) is 13.7. The molecule has 0 amide bonds. The molecule has 6 nitrogen and oxygen atoms in total. The minimum Gasteiger partial charge on any atom is -0.385 e. The van der Waals surface area contributed by atoms with E-state index >= 15 is 0 Å². The number of thioether (sulfide) groups is 1. The van der Waals surface area contributed by atoms with Crippen LogP contribution in [0.5, 0.6) is 0 Å². The number of hydrogen-bond acceptors (Lipinski definition) is 7. The molecule has 2 rings (SSSR count). The molecule has 1 aromatic carbocycles. The van der Waals surface area contributed by atoms with Gasteiger partial charge in [-0.15, -0.1) is 0 Å². The fraction of sp³-hybridized carbons (Fsp3) is 0.273. The molecule has 0 atom stereocenters. The highest BCUT2D eigenvalue weighted by atomic mass is 32.2. The highest BCUT2D eigenvalue weighted by Crippen LogP contribution is 2.29. The number of nitrogens with zero attached hydrogens (tertiary/aromatic N) is 3. The van der Waals surface area contributed by atoms with Crippen LogP contribution in [0.3, 0.4) is 0 Å². The van der Waals surface area contributed by atoms with Gasteiger partial charge in [0, 0.05) is 30.1 Å². The number of anilines is 1. The lowest BCUT2D eigenvalue weighted by Gasteiger charge is -2.09. The molecule has 1 heterocycles. The van der Waals surface area contributed by atoms with Crippen molar-refractivity contribution in [1.82, 2.24) is 9.36 Å². The summed E-state index contributed by atoms with van der Waals surface area (Å²) < 4.78 is 4.78. The first-order valence-corrected chi connectivity index (χ1v) is 7.37. The lowest BCUT2D eigenvalue weighted by molar-refractivity contribution is -0.384. The van der Waals surface area contributed by atoms with Gasteiger partial charge in [0.2, 0.25) is 0 Å². The Balaban J connectivity index is 2.19. The molecule has 0 unspecified atom stereocenters. The molecule has 0 aliphatic rings. The van der Waals surface area contributed by atoms with Gasteiger partial charge in [0.15, 0.2) is 4.34 Å². The van der Waals surface area contributed by atoms with Crippen LogP contribution in [0.15, 0.2) is 28.9 Å². The summed E-state index contributed by atoms with van der Waals surface area (Å²) in [5, 5.41) is 14.0. The second-order valence-electron chi connectivity index (χ2n) is 3.62. The Morgan fingerprint density at radius 2 is 2.37 bits per heavy atom. The van der Waals surface area contributed by atoms with Crippen LogP contribution in [0, 0.1) is 10.1 Å². The van der Waals surface area contributed by atoms with E-state index in [1.807, 2.05) is 6.92 Å².